The SMILES string of the molecule is O=C(O)CCc1csc(-c2cccc(C(F)F)c2)n1. The number of thiazole rings is 1. The number of aromatic nitrogens is 1. The summed E-state index contributed by atoms with van der Waals surface area (Å²) < 4.78 is 25.2. The first-order valence-corrected chi connectivity index (χ1v) is 6.49. The number of benzene rings is 1. The number of nitrogens with zero attached hydrogens (tertiary/aromatic N) is 1. The molecule has 0 aliphatic rings. The number of rotatable bonds is 5. The van der Waals surface area contributed by atoms with Gasteiger partial charge in [-0.3, -0.25) is 4.79 Å². The zero-order valence-corrected chi connectivity index (χ0v) is 10.7. The molecule has 0 saturated carbocycles. The topological polar surface area (TPSA) is 50.2 Å². The maximum Gasteiger partial charge on any atom is 0.303 e. The molecule has 0 saturated heterocycles. The molecule has 0 atom stereocenters. The molecular weight excluding hydrogens is 272 g/mol. The quantitative estimate of drug-likeness (QED) is 0.908. The molecule has 0 spiro atoms. The molecule has 0 aliphatic heterocycles. The van der Waals surface area contributed by atoms with Gasteiger partial charge in [-0.25, -0.2) is 13.8 Å². The number of hydrogen-bond donors (Lipinski definition) is 1. The van der Waals surface area contributed by atoms with Gasteiger partial charge in [0.15, 0.2) is 0 Å². The van der Waals surface area contributed by atoms with Crippen LogP contribution in [0, 0.1) is 0 Å². The molecule has 3 nitrogen and oxygen atoms in total. The molecule has 0 aliphatic carbocycles. The van der Waals surface area contributed by atoms with E-state index in [1.54, 1.807) is 17.5 Å². The van der Waals surface area contributed by atoms with E-state index in [-0.39, 0.29) is 12.0 Å². The highest BCUT2D eigenvalue weighted by atomic mass is 32.1. The van der Waals surface area contributed by atoms with Crippen LogP contribution in [0.5, 0.6) is 0 Å². The standard InChI is InChI=1S/C13H11F2NO2S/c14-12(15)8-2-1-3-9(6-8)13-16-10(7-19-13)4-5-11(17)18/h1-3,6-7,12H,4-5H2,(H,17,18). The van der Waals surface area contributed by atoms with E-state index in [1.807, 2.05) is 0 Å². The third-order valence-corrected chi connectivity index (χ3v) is 3.47. The molecule has 0 unspecified atom stereocenters. The van der Waals surface area contributed by atoms with E-state index in [0.717, 1.165) is 0 Å². The van der Waals surface area contributed by atoms with Crippen LogP contribution in [0.3, 0.4) is 0 Å². The van der Waals surface area contributed by atoms with Gasteiger partial charge in [0, 0.05) is 22.9 Å². The van der Waals surface area contributed by atoms with Gasteiger partial charge < -0.3 is 5.11 Å². The predicted octanol–water partition coefficient (Wildman–Crippen LogP) is 3.76. The van der Waals surface area contributed by atoms with Crippen molar-refractivity contribution in [2.24, 2.45) is 0 Å². The Morgan fingerprint density at radius 2 is 2.21 bits per heavy atom. The van der Waals surface area contributed by atoms with Gasteiger partial charge in [-0.15, -0.1) is 11.3 Å². The Morgan fingerprint density at radius 3 is 2.89 bits per heavy atom. The van der Waals surface area contributed by atoms with Crippen molar-refractivity contribution >= 4 is 17.3 Å². The van der Waals surface area contributed by atoms with Gasteiger partial charge >= 0.3 is 5.97 Å². The lowest BCUT2D eigenvalue weighted by Gasteiger charge is -2.01. The van der Waals surface area contributed by atoms with Crippen molar-refractivity contribution in [3.8, 4) is 10.6 Å². The van der Waals surface area contributed by atoms with Crippen LogP contribution in [-0.4, -0.2) is 16.1 Å². The van der Waals surface area contributed by atoms with E-state index in [2.05, 4.69) is 4.98 Å². The van der Waals surface area contributed by atoms with Crippen molar-refractivity contribution in [1.82, 2.24) is 4.98 Å². The molecule has 0 radical (unpaired) electrons. The molecule has 0 fully saturated rings. The second-order valence-corrected chi connectivity index (χ2v) is 4.82. The van der Waals surface area contributed by atoms with E-state index in [1.165, 1.54) is 23.5 Å². The van der Waals surface area contributed by atoms with E-state index in [4.69, 9.17) is 5.11 Å². The van der Waals surface area contributed by atoms with E-state index in [0.29, 0.717) is 22.7 Å². The first kappa shape index (κ1) is 13.6. The molecule has 100 valence electrons. The third kappa shape index (κ3) is 3.57. The second kappa shape index (κ2) is 5.88. The lowest BCUT2D eigenvalue weighted by Crippen LogP contribution is -1.97. The summed E-state index contributed by atoms with van der Waals surface area (Å²) in [5, 5.41) is 11.0. The van der Waals surface area contributed by atoms with Crippen molar-refractivity contribution in [2.75, 3.05) is 0 Å². The number of alkyl halides is 2. The lowest BCUT2D eigenvalue weighted by molar-refractivity contribution is -0.136. The fraction of sp³-hybridized carbons (Fsp3) is 0.231. The maximum atomic E-state index is 12.6. The van der Waals surface area contributed by atoms with Gasteiger partial charge in [-0.2, -0.15) is 0 Å². The van der Waals surface area contributed by atoms with Crippen molar-refractivity contribution < 1.29 is 18.7 Å². The fourth-order valence-electron chi connectivity index (χ4n) is 1.60. The first-order chi connectivity index (χ1) is 9.06. The minimum Gasteiger partial charge on any atom is -0.481 e. The summed E-state index contributed by atoms with van der Waals surface area (Å²) in [6, 6.07) is 6.05. The van der Waals surface area contributed by atoms with Crippen LogP contribution in [0.4, 0.5) is 8.78 Å². The number of aliphatic carboxylic acids is 1. The van der Waals surface area contributed by atoms with Crippen LogP contribution in [0.15, 0.2) is 29.6 Å². The van der Waals surface area contributed by atoms with Gasteiger partial charge in [0.05, 0.1) is 12.1 Å². The molecule has 2 rings (SSSR count). The zero-order chi connectivity index (χ0) is 13.8. The van der Waals surface area contributed by atoms with Crippen LogP contribution in [-0.2, 0) is 11.2 Å². The summed E-state index contributed by atoms with van der Waals surface area (Å²) in [6.45, 7) is 0. The Kier molecular flexibility index (Phi) is 4.21. The Morgan fingerprint density at radius 1 is 1.42 bits per heavy atom. The van der Waals surface area contributed by atoms with Crippen LogP contribution in [0.25, 0.3) is 10.6 Å². The monoisotopic (exact) mass is 283 g/mol. The molecule has 1 N–H and O–H groups in total. The summed E-state index contributed by atoms with van der Waals surface area (Å²) >= 11 is 1.33. The average molecular weight is 283 g/mol. The number of hydrogen-bond acceptors (Lipinski definition) is 3. The summed E-state index contributed by atoms with van der Waals surface area (Å²) in [7, 11) is 0. The first-order valence-electron chi connectivity index (χ1n) is 5.61. The molecule has 19 heavy (non-hydrogen) atoms. The summed E-state index contributed by atoms with van der Waals surface area (Å²) in [4.78, 5) is 14.7. The minimum atomic E-state index is -2.51. The number of halogens is 2. The number of carbonyl (C=O) groups is 1. The zero-order valence-electron chi connectivity index (χ0n) is 9.85. The van der Waals surface area contributed by atoms with Crippen molar-refractivity contribution in [3.63, 3.8) is 0 Å². The highest BCUT2D eigenvalue weighted by Crippen LogP contribution is 2.28. The second-order valence-electron chi connectivity index (χ2n) is 3.96. The van der Waals surface area contributed by atoms with Crippen LogP contribution >= 0.6 is 11.3 Å². The van der Waals surface area contributed by atoms with Crippen molar-refractivity contribution in [2.45, 2.75) is 19.3 Å². The van der Waals surface area contributed by atoms with Crippen LogP contribution in [0.2, 0.25) is 0 Å². The normalized spacial score (nSPS) is 10.9. The summed E-state index contributed by atoms with van der Waals surface area (Å²) in [6.07, 6.45) is -2.15. The van der Waals surface area contributed by atoms with Gasteiger partial charge in [0.1, 0.15) is 5.01 Å². The number of carboxylic acid groups (broad SMARTS) is 1. The molecule has 1 aromatic carbocycles. The highest BCUT2D eigenvalue weighted by Gasteiger charge is 2.10. The molecule has 1 aromatic heterocycles. The molecule has 6 heteroatoms. The van der Waals surface area contributed by atoms with Crippen molar-refractivity contribution in [1.29, 1.82) is 0 Å². The van der Waals surface area contributed by atoms with Crippen LogP contribution < -0.4 is 0 Å². The fourth-order valence-corrected chi connectivity index (χ4v) is 2.45. The van der Waals surface area contributed by atoms with Gasteiger partial charge in [-0.05, 0) is 6.07 Å². The third-order valence-electron chi connectivity index (χ3n) is 2.53. The molecule has 2 aromatic rings. The van der Waals surface area contributed by atoms with Gasteiger partial charge in [0.25, 0.3) is 6.43 Å². The van der Waals surface area contributed by atoms with Gasteiger partial charge in [-0.1, -0.05) is 18.2 Å². The molecule has 0 bridgehead atoms. The predicted molar refractivity (Wildman–Crippen MR) is 68.5 cm³/mol. The van der Waals surface area contributed by atoms with E-state index < -0.39 is 12.4 Å². The Labute approximate surface area is 112 Å². The number of carboxylic acids is 1. The van der Waals surface area contributed by atoms with E-state index in [9.17, 15) is 13.6 Å². The summed E-state index contributed by atoms with van der Waals surface area (Å²) in [5.74, 6) is -0.880. The maximum absolute atomic E-state index is 12.6. The molecule has 1 heterocycles. The average Bonchev–Trinajstić information content (AvgIpc) is 2.85. The number of aryl methyl sites for hydroxylation is 1. The Hall–Kier alpha value is -1.82. The molecular formula is C13H11F2NO2S. The van der Waals surface area contributed by atoms with E-state index >= 15 is 0 Å². The van der Waals surface area contributed by atoms with Crippen molar-refractivity contribution in [3.05, 3.63) is 40.9 Å². The highest BCUT2D eigenvalue weighted by molar-refractivity contribution is 7.13. The Balaban J connectivity index is 2.18. The van der Waals surface area contributed by atoms with Gasteiger partial charge in [0.2, 0.25) is 0 Å². The van der Waals surface area contributed by atoms with Crippen LogP contribution in [0.1, 0.15) is 24.1 Å². The Bertz CT molecular complexity index is 584. The smallest absolute Gasteiger partial charge is 0.303 e. The molecule has 0 amide bonds. The minimum absolute atomic E-state index is 0.0141. The lowest BCUT2D eigenvalue weighted by atomic mass is 10.1. The largest absolute Gasteiger partial charge is 0.481 e. The summed E-state index contributed by atoms with van der Waals surface area (Å²) in [5.41, 5.74) is 1.26.